The molecule has 0 fully saturated rings. The average Bonchev–Trinajstić information content (AvgIpc) is 2.66. The van der Waals surface area contributed by atoms with E-state index in [9.17, 15) is 14.9 Å². The summed E-state index contributed by atoms with van der Waals surface area (Å²) in [6.07, 6.45) is 0. The number of carbonyl (C=O) groups excluding carboxylic acids is 1. The molecule has 7 heteroatoms. The molecule has 0 aromatic heterocycles. The molecule has 6 nitrogen and oxygen atoms in total. The summed E-state index contributed by atoms with van der Waals surface area (Å²) < 4.78 is 5.18. The van der Waals surface area contributed by atoms with Gasteiger partial charge in [0.1, 0.15) is 5.75 Å². The van der Waals surface area contributed by atoms with Crippen molar-refractivity contribution >= 4 is 39.8 Å². The minimum atomic E-state index is -0.483. The first kappa shape index (κ1) is 17.8. The van der Waals surface area contributed by atoms with E-state index >= 15 is 0 Å². The van der Waals surface area contributed by atoms with Crippen LogP contribution in [0.15, 0.2) is 65.6 Å². The number of nitrogens with zero attached hydrogens (tertiary/aromatic N) is 1. The van der Waals surface area contributed by atoms with Crippen LogP contribution in [0.25, 0.3) is 10.8 Å². The minimum absolute atomic E-state index is 0.0492. The van der Waals surface area contributed by atoms with E-state index in [-0.39, 0.29) is 17.3 Å². The summed E-state index contributed by atoms with van der Waals surface area (Å²) in [7, 11) is 1.44. The molecule has 0 saturated carbocycles. The number of benzene rings is 3. The van der Waals surface area contributed by atoms with Crippen LogP contribution < -0.4 is 10.1 Å². The first-order valence-electron chi connectivity index (χ1n) is 7.81. The molecule has 0 spiro atoms. The summed E-state index contributed by atoms with van der Waals surface area (Å²) in [6.45, 7) is 0. The number of carbonyl (C=O) groups is 1. The van der Waals surface area contributed by atoms with Crippen LogP contribution in [0.1, 0.15) is 0 Å². The van der Waals surface area contributed by atoms with E-state index in [2.05, 4.69) is 5.32 Å². The molecule has 0 aliphatic carbocycles. The molecule has 0 heterocycles. The lowest BCUT2D eigenvalue weighted by atomic mass is 10.1. The van der Waals surface area contributed by atoms with E-state index in [1.807, 2.05) is 42.5 Å². The molecule has 3 aromatic carbocycles. The standard InChI is InChI=1S/C19H16N2O4S/c1-25-17-11-16(21(23)24)8-9-18(17)26-12-19(22)20-15-7-6-13-4-2-3-5-14(13)10-15/h2-11H,12H2,1H3,(H,20,22). The zero-order chi connectivity index (χ0) is 18.5. The lowest BCUT2D eigenvalue weighted by molar-refractivity contribution is -0.385. The Kier molecular flexibility index (Phi) is 5.38. The van der Waals surface area contributed by atoms with Gasteiger partial charge in [-0.15, -0.1) is 11.8 Å². The van der Waals surface area contributed by atoms with E-state index in [1.54, 1.807) is 6.07 Å². The van der Waals surface area contributed by atoms with E-state index in [0.29, 0.717) is 10.6 Å². The number of fused-ring (bicyclic) bond motifs is 1. The van der Waals surface area contributed by atoms with Gasteiger partial charge in [0.15, 0.2) is 0 Å². The molecule has 0 aliphatic heterocycles. The Morgan fingerprint density at radius 3 is 2.62 bits per heavy atom. The van der Waals surface area contributed by atoms with E-state index < -0.39 is 4.92 Å². The molecule has 132 valence electrons. The van der Waals surface area contributed by atoms with Crippen LogP contribution in [0.2, 0.25) is 0 Å². The number of anilines is 1. The maximum absolute atomic E-state index is 12.2. The van der Waals surface area contributed by atoms with Crippen LogP contribution >= 0.6 is 11.8 Å². The first-order chi connectivity index (χ1) is 12.6. The minimum Gasteiger partial charge on any atom is -0.495 e. The number of rotatable bonds is 6. The van der Waals surface area contributed by atoms with Crippen molar-refractivity contribution in [1.29, 1.82) is 0 Å². The summed E-state index contributed by atoms with van der Waals surface area (Å²) in [5.41, 5.74) is 0.678. The van der Waals surface area contributed by atoms with Crippen molar-refractivity contribution in [2.24, 2.45) is 0 Å². The fourth-order valence-electron chi connectivity index (χ4n) is 2.50. The van der Waals surface area contributed by atoms with Crippen LogP contribution in [-0.4, -0.2) is 23.7 Å². The van der Waals surface area contributed by atoms with Crippen LogP contribution in [-0.2, 0) is 4.79 Å². The zero-order valence-electron chi connectivity index (χ0n) is 14.0. The van der Waals surface area contributed by atoms with Crippen molar-refractivity contribution in [2.75, 3.05) is 18.2 Å². The van der Waals surface area contributed by atoms with Gasteiger partial charge in [0.05, 0.1) is 28.7 Å². The summed E-state index contributed by atoms with van der Waals surface area (Å²) in [5, 5.41) is 15.8. The number of non-ortho nitro benzene ring substituents is 1. The van der Waals surface area contributed by atoms with Gasteiger partial charge in [-0.2, -0.15) is 0 Å². The number of nitrogens with one attached hydrogen (secondary N) is 1. The molecule has 1 amide bonds. The quantitative estimate of drug-likeness (QED) is 0.394. The van der Waals surface area contributed by atoms with Crippen molar-refractivity contribution in [3.8, 4) is 5.75 Å². The maximum Gasteiger partial charge on any atom is 0.273 e. The Labute approximate surface area is 154 Å². The predicted octanol–water partition coefficient (Wildman–Crippen LogP) is 4.49. The highest BCUT2D eigenvalue weighted by Crippen LogP contribution is 2.32. The van der Waals surface area contributed by atoms with E-state index in [1.165, 1.54) is 31.0 Å². The van der Waals surface area contributed by atoms with Gasteiger partial charge < -0.3 is 10.1 Å². The molecule has 0 unspecified atom stereocenters. The SMILES string of the molecule is COc1cc([N+](=O)[O-])ccc1SCC(=O)Nc1ccc2ccccc2c1. The lowest BCUT2D eigenvalue weighted by Crippen LogP contribution is -2.14. The molecular weight excluding hydrogens is 352 g/mol. The van der Waals surface area contributed by atoms with Crippen molar-refractivity contribution < 1.29 is 14.5 Å². The molecule has 0 atom stereocenters. The topological polar surface area (TPSA) is 81.5 Å². The van der Waals surface area contributed by atoms with Gasteiger partial charge in [-0.25, -0.2) is 0 Å². The van der Waals surface area contributed by atoms with E-state index in [4.69, 9.17) is 4.74 Å². The summed E-state index contributed by atoms with van der Waals surface area (Å²) in [6, 6.07) is 18.0. The predicted molar refractivity (Wildman–Crippen MR) is 103 cm³/mol. The summed E-state index contributed by atoms with van der Waals surface area (Å²) in [4.78, 5) is 23.2. The smallest absolute Gasteiger partial charge is 0.273 e. The molecule has 3 rings (SSSR count). The fraction of sp³-hybridized carbons (Fsp3) is 0.105. The Morgan fingerprint density at radius 2 is 1.88 bits per heavy atom. The molecule has 26 heavy (non-hydrogen) atoms. The summed E-state index contributed by atoms with van der Waals surface area (Å²) in [5.74, 6) is 0.384. The van der Waals surface area contributed by atoms with Gasteiger partial charge >= 0.3 is 0 Å². The molecule has 0 saturated heterocycles. The third-order valence-electron chi connectivity index (χ3n) is 3.75. The zero-order valence-corrected chi connectivity index (χ0v) is 14.8. The number of hydrogen-bond acceptors (Lipinski definition) is 5. The van der Waals surface area contributed by atoms with Gasteiger partial charge in [-0.3, -0.25) is 14.9 Å². The average molecular weight is 368 g/mol. The Bertz CT molecular complexity index is 975. The third kappa shape index (κ3) is 4.12. The number of nitro groups is 1. The maximum atomic E-state index is 12.2. The number of thioether (sulfide) groups is 1. The van der Waals surface area contributed by atoms with Crippen LogP contribution in [0, 0.1) is 10.1 Å². The largest absolute Gasteiger partial charge is 0.495 e. The van der Waals surface area contributed by atoms with Gasteiger partial charge in [-0.1, -0.05) is 30.3 Å². The van der Waals surface area contributed by atoms with Crippen LogP contribution in [0.3, 0.4) is 0 Å². The van der Waals surface area contributed by atoms with Crippen molar-refractivity contribution in [1.82, 2.24) is 0 Å². The second kappa shape index (κ2) is 7.88. The van der Waals surface area contributed by atoms with Gasteiger partial charge in [0.25, 0.3) is 5.69 Å². The number of methoxy groups -OCH3 is 1. The van der Waals surface area contributed by atoms with E-state index in [0.717, 1.165) is 16.5 Å². The molecule has 0 aliphatic rings. The molecule has 0 bridgehead atoms. The fourth-order valence-corrected chi connectivity index (χ4v) is 3.30. The second-order valence-corrected chi connectivity index (χ2v) is 6.51. The monoisotopic (exact) mass is 368 g/mol. The number of ether oxygens (including phenoxy) is 1. The van der Waals surface area contributed by atoms with Crippen molar-refractivity contribution in [3.63, 3.8) is 0 Å². The number of amides is 1. The molecular formula is C19H16N2O4S. The first-order valence-corrected chi connectivity index (χ1v) is 8.79. The normalized spacial score (nSPS) is 10.5. The lowest BCUT2D eigenvalue weighted by Gasteiger charge is -2.09. The summed E-state index contributed by atoms with van der Waals surface area (Å²) >= 11 is 1.26. The van der Waals surface area contributed by atoms with Crippen LogP contribution in [0.5, 0.6) is 5.75 Å². The second-order valence-electron chi connectivity index (χ2n) is 5.49. The highest BCUT2D eigenvalue weighted by atomic mass is 32.2. The Hall–Kier alpha value is -3.06. The highest BCUT2D eigenvalue weighted by molar-refractivity contribution is 8.00. The van der Waals surface area contributed by atoms with Crippen LogP contribution in [0.4, 0.5) is 11.4 Å². The third-order valence-corrected chi connectivity index (χ3v) is 4.80. The van der Waals surface area contributed by atoms with Gasteiger partial charge in [0.2, 0.25) is 5.91 Å². The number of nitro benzene ring substituents is 1. The van der Waals surface area contributed by atoms with Gasteiger partial charge in [0, 0.05) is 11.8 Å². The highest BCUT2D eigenvalue weighted by Gasteiger charge is 2.13. The van der Waals surface area contributed by atoms with Gasteiger partial charge in [-0.05, 0) is 29.0 Å². The number of hydrogen-bond donors (Lipinski definition) is 1. The Morgan fingerprint density at radius 1 is 1.12 bits per heavy atom. The van der Waals surface area contributed by atoms with Crippen molar-refractivity contribution in [2.45, 2.75) is 4.90 Å². The molecule has 0 radical (unpaired) electrons. The molecule has 3 aromatic rings. The Balaban J connectivity index is 1.65. The van der Waals surface area contributed by atoms with Crippen molar-refractivity contribution in [3.05, 3.63) is 70.8 Å². The molecule has 1 N–H and O–H groups in total.